The highest BCUT2D eigenvalue weighted by Crippen LogP contribution is 2.36. The first-order valence-corrected chi connectivity index (χ1v) is 11.3. The zero-order valence-corrected chi connectivity index (χ0v) is 21.3. The number of hydrogen-bond donors (Lipinski definition) is 0. The van der Waals surface area contributed by atoms with Crippen molar-refractivity contribution >= 4 is 11.1 Å². The molecule has 3 aromatic rings. The van der Waals surface area contributed by atoms with Crippen LogP contribution in [0, 0.1) is 52.6 Å². The lowest BCUT2D eigenvalue weighted by molar-refractivity contribution is -0.151. The van der Waals surface area contributed by atoms with Crippen LogP contribution in [0.3, 0.4) is 0 Å². The van der Waals surface area contributed by atoms with Crippen LogP contribution in [0.1, 0.15) is 45.0 Å². The predicted molar refractivity (Wildman–Crippen MR) is 120 cm³/mol. The maximum atomic E-state index is 15.8. The molecule has 0 N–H and O–H groups in total. The summed E-state index contributed by atoms with van der Waals surface area (Å²) in [6.07, 6.45) is -22.2. The van der Waals surface area contributed by atoms with Crippen molar-refractivity contribution in [1.29, 1.82) is 15.8 Å². The number of hydrogen-bond acceptors (Lipinski definition) is 5. The summed E-state index contributed by atoms with van der Waals surface area (Å²) in [6.45, 7) is 0.566. The second kappa shape index (κ2) is 11.4. The van der Waals surface area contributed by atoms with E-state index in [0.29, 0.717) is 6.92 Å². The molecule has 45 heavy (non-hydrogen) atoms. The van der Waals surface area contributed by atoms with Crippen molar-refractivity contribution in [2.45, 2.75) is 31.6 Å². The van der Waals surface area contributed by atoms with Crippen molar-refractivity contribution in [2.24, 2.45) is 0 Å². The van der Waals surface area contributed by atoms with E-state index in [1.807, 2.05) is 0 Å². The standard InChI is InChI=1S/C26H7F14N5/c1-9-19(12(6-41)10-2-15(23(29,30)31)44-16(3-10)24(32,33)34)22(28)14(8-43)20(21(9)27)13(7-42)11-4-17(25(35,36)37)45-18(5-11)26(38,39)40/h2-5H,1H3/b19-12-,20-13+. The van der Waals surface area contributed by atoms with Crippen LogP contribution < -0.4 is 10.4 Å². The third-order valence-electron chi connectivity index (χ3n) is 5.84. The van der Waals surface area contributed by atoms with Gasteiger partial charge in [0.1, 0.15) is 46.8 Å². The highest BCUT2D eigenvalue weighted by molar-refractivity contribution is 5.80. The average Bonchev–Trinajstić information content (AvgIpc) is 2.92. The lowest BCUT2D eigenvalue weighted by Crippen LogP contribution is -2.30. The molecule has 0 fully saturated rings. The van der Waals surface area contributed by atoms with Crippen LogP contribution in [0.5, 0.6) is 0 Å². The Kier molecular flexibility index (Phi) is 8.64. The summed E-state index contributed by atoms with van der Waals surface area (Å²) in [6, 6.07) is 2.66. The summed E-state index contributed by atoms with van der Waals surface area (Å²) in [7, 11) is 0. The molecular formula is C26H7F14N5. The minimum absolute atomic E-state index is 0.119. The van der Waals surface area contributed by atoms with E-state index in [0.717, 1.165) is 18.2 Å². The molecule has 234 valence electrons. The largest absolute Gasteiger partial charge is 0.433 e. The normalized spacial score (nSPS) is 13.9. The van der Waals surface area contributed by atoms with Crippen molar-refractivity contribution in [3.05, 3.63) is 91.4 Å². The Morgan fingerprint density at radius 2 is 0.867 bits per heavy atom. The summed E-state index contributed by atoms with van der Waals surface area (Å²) in [5.41, 5.74) is -17.3. The molecule has 0 bridgehead atoms. The molecule has 0 radical (unpaired) electrons. The minimum atomic E-state index is -5.57. The van der Waals surface area contributed by atoms with E-state index in [1.54, 1.807) is 0 Å². The van der Waals surface area contributed by atoms with Gasteiger partial charge in [0.25, 0.3) is 0 Å². The molecular weight excluding hydrogens is 648 g/mol. The molecule has 0 saturated carbocycles. The molecule has 0 aliphatic rings. The molecule has 0 aliphatic carbocycles. The van der Waals surface area contributed by atoms with E-state index in [1.165, 1.54) is 0 Å². The Morgan fingerprint density at radius 3 is 1.13 bits per heavy atom. The fourth-order valence-electron chi connectivity index (χ4n) is 3.90. The van der Waals surface area contributed by atoms with Gasteiger partial charge in [0.15, 0.2) is 5.82 Å². The number of benzene rings is 1. The van der Waals surface area contributed by atoms with Gasteiger partial charge >= 0.3 is 24.7 Å². The zero-order chi connectivity index (χ0) is 34.4. The molecule has 3 rings (SSSR count). The van der Waals surface area contributed by atoms with Crippen LogP contribution in [0.4, 0.5) is 61.5 Å². The third-order valence-corrected chi connectivity index (χ3v) is 5.84. The molecule has 19 heteroatoms. The quantitative estimate of drug-likeness (QED) is 0.296. The summed E-state index contributed by atoms with van der Waals surface area (Å²) < 4.78 is 191. The summed E-state index contributed by atoms with van der Waals surface area (Å²) in [5, 5.41) is 25.9. The number of nitriles is 3. The molecule has 2 heterocycles. The highest BCUT2D eigenvalue weighted by atomic mass is 19.4. The van der Waals surface area contributed by atoms with E-state index in [-0.39, 0.29) is 24.3 Å². The van der Waals surface area contributed by atoms with Gasteiger partial charge in [-0.2, -0.15) is 68.5 Å². The molecule has 2 aromatic heterocycles. The first kappa shape index (κ1) is 34.2. The van der Waals surface area contributed by atoms with Crippen LogP contribution in [0.15, 0.2) is 24.3 Å². The monoisotopic (exact) mass is 655 g/mol. The minimum Gasteiger partial charge on any atom is -0.239 e. The van der Waals surface area contributed by atoms with Crippen LogP contribution in [-0.4, -0.2) is 9.97 Å². The summed E-state index contributed by atoms with van der Waals surface area (Å²) in [5.74, 6) is -4.00. The predicted octanol–water partition coefficient (Wildman–Crippen LogP) is 6.46. The Labute approximate surface area is 240 Å². The first-order chi connectivity index (χ1) is 20.5. The van der Waals surface area contributed by atoms with Crippen molar-refractivity contribution in [3.8, 4) is 18.2 Å². The van der Waals surface area contributed by atoms with E-state index in [9.17, 15) is 68.5 Å². The lowest BCUT2D eigenvalue weighted by atomic mass is 9.93. The van der Waals surface area contributed by atoms with E-state index in [4.69, 9.17) is 0 Å². The summed E-state index contributed by atoms with van der Waals surface area (Å²) in [4.78, 5) is 4.82. The van der Waals surface area contributed by atoms with Gasteiger partial charge in [-0.25, -0.2) is 18.7 Å². The van der Waals surface area contributed by atoms with Gasteiger partial charge < -0.3 is 0 Å². The zero-order valence-electron chi connectivity index (χ0n) is 21.3. The molecule has 5 nitrogen and oxygen atoms in total. The number of halogens is 14. The molecule has 0 saturated heterocycles. The Balaban J connectivity index is 2.64. The van der Waals surface area contributed by atoms with Gasteiger partial charge in [-0.05, 0) is 47.9 Å². The van der Waals surface area contributed by atoms with Gasteiger partial charge in [-0.3, -0.25) is 0 Å². The Morgan fingerprint density at radius 1 is 0.556 bits per heavy atom. The highest BCUT2D eigenvalue weighted by Gasteiger charge is 2.41. The maximum Gasteiger partial charge on any atom is 0.433 e. The average molecular weight is 655 g/mol. The molecule has 0 spiro atoms. The smallest absolute Gasteiger partial charge is 0.239 e. The topological polar surface area (TPSA) is 97.1 Å². The SMILES string of the molecule is Cc1c(F)/c(=C(\C#N)c2cc(C(F)(F)F)nc(C(F)(F)F)c2)c(C#N)c(F)/c1=C(/C#N)c1cc(C(F)(F)F)nc(C(F)(F)F)c1. The van der Waals surface area contributed by atoms with Crippen molar-refractivity contribution in [2.75, 3.05) is 0 Å². The van der Waals surface area contributed by atoms with Gasteiger partial charge in [-0.1, -0.05) is 0 Å². The van der Waals surface area contributed by atoms with Gasteiger partial charge in [0, 0.05) is 10.4 Å². The van der Waals surface area contributed by atoms with Crippen LogP contribution in [-0.2, 0) is 24.7 Å². The number of rotatable bonds is 2. The van der Waals surface area contributed by atoms with E-state index in [2.05, 4.69) is 9.97 Å². The van der Waals surface area contributed by atoms with Crippen LogP contribution >= 0.6 is 0 Å². The number of nitrogens with zero attached hydrogens (tertiary/aromatic N) is 5. The molecule has 0 amide bonds. The molecule has 0 unspecified atom stereocenters. The number of aromatic nitrogens is 2. The van der Waals surface area contributed by atoms with E-state index < -0.39 is 103 Å². The van der Waals surface area contributed by atoms with Gasteiger partial charge in [-0.15, -0.1) is 0 Å². The number of alkyl halides is 12. The van der Waals surface area contributed by atoms with Crippen LogP contribution in [0.25, 0.3) is 11.1 Å². The van der Waals surface area contributed by atoms with Crippen LogP contribution in [0.2, 0.25) is 0 Å². The van der Waals surface area contributed by atoms with Crippen molar-refractivity contribution < 1.29 is 61.5 Å². The Hall–Kier alpha value is -5.25. The van der Waals surface area contributed by atoms with Gasteiger partial charge in [0.05, 0.1) is 16.7 Å². The lowest BCUT2D eigenvalue weighted by Gasteiger charge is -2.14. The fourth-order valence-corrected chi connectivity index (χ4v) is 3.90. The molecule has 1 aromatic carbocycles. The number of pyridine rings is 2. The van der Waals surface area contributed by atoms with E-state index >= 15 is 8.78 Å². The summed E-state index contributed by atoms with van der Waals surface area (Å²) >= 11 is 0. The second-order valence-electron chi connectivity index (χ2n) is 8.71. The van der Waals surface area contributed by atoms with Gasteiger partial charge in [0.2, 0.25) is 0 Å². The fraction of sp³-hybridized carbons (Fsp3) is 0.192. The third kappa shape index (κ3) is 6.64. The molecule has 0 aliphatic heterocycles. The maximum absolute atomic E-state index is 15.8. The second-order valence-corrected chi connectivity index (χ2v) is 8.71. The van der Waals surface area contributed by atoms with Crippen molar-refractivity contribution in [1.82, 2.24) is 9.97 Å². The Bertz CT molecular complexity index is 1900. The van der Waals surface area contributed by atoms with Crippen molar-refractivity contribution in [3.63, 3.8) is 0 Å². The first-order valence-electron chi connectivity index (χ1n) is 11.3. The molecule has 0 atom stereocenters.